The number of carbonyl (C=O) groups excluding carboxylic acids is 2. The van der Waals surface area contributed by atoms with Gasteiger partial charge in [-0.15, -0.1) is 0 Å². The van der Waals surface area contributed by atoms with E-state index in [2.05, 4.69) is 0 Å². The highest BCUT2D eigenvalue weighted by Crippen LogP contribution is 2.44. The minimum absolute atomic E-state index is 0.102. The van der Waals surface area contributed by atoms with Crippen LogP contribution in [0.25, 0.3) is 0 Å². The molecule has 16 atom stereocenters. The molecule has 4 aliphatic rings. The van der Waals surface area contributed by atoms with Gasteiger partial charge in [-0.1, -0.05) is 20.8 Å². The third-order valence-electron chi connectivity index (χ3n) is 11.7. The maximum atomic E-state index is 14.2. The maximum Gasteiger partial charge on any atom is 0.311 e. The molecule has 2 bridgehead atoms. The van der Waals surface area contributed by atoms with Gasteiger partial charge in [0.1, 0.15) is 24.1 Å². The Morgan fingerprint density at radius 2 is 1.62 bits per heavy atom. The average Bonchev–Trinajstić information content (AvgIpc) is 3.28. The standard InChI is InChI=1S/C37H63NO12/c1-14-25-37(10)30(40)20(4)28(50-37)18(2)16-35(8,43)32(49-34-27(39)24(38(11)12)15-19(3)45-34)21(5)29(22(6)33(42)47-25)48-26-17-36(9,44-13)31(41)23(7)46-26/h18-19,21-27,29,31-32,34,39,41,43H,14-17H2,1-13H3/t18-,19-,21+,22-,23+,24+,25-,26+,27-,29+,31+,32?,34+,35?,36-,37-/m1/s1. The van der Waals surface area contributed by atoms with E-state index < -0.39 is 89.7 Å². The van der Waals surface area contributed by atoms with Crippen LogP contribution in [0.3, 0.4) is 0 Å². The quantitative estimate of drug-likeness (QED) is 0.331. The molecule has 50 heavy (non-hydrogen) atoms. The number of carbonyl (C=O) groups is 2. The van der Waals surface area contributed by atoms with Crippen molar-refractivity contribution in [3.63, 3.8) is 0 Å². The van der Waals surface area contributed by atoms with Gasteiger partial charge in [0.25, 0.3) is 0 Å². The third-order valence-corrected chi connectivity index (χ3v) is 11.7. The summed E-state index contributed by atoms with van der Waals surface area (Å²) in [6.07, 6.45) is -6.74. The molecule has 288 valence electrons. The van der Waals surface area contributed by atoms with Gasteiger partial charge in [-0.05, 0) is 81.8 Å². The number of cyclic esters (lactones) is 1. The van der Waals surface area contributed by atoms with Gasteiger partial charge in [0.05, 0.1) is 41.5 Å². The smallest absolute Gasteiger partial charge is 0.311 e. The number of allylic oxidation sites excluding steroid dienone is 1. The number of hydrogen-bond donors (Lipinski definition) is 3. The van der Waals surface area contributed by atoms with Crippen LogP contribution in [0.15, 0.2) is 11.3 Å². The molecule has 4 rings (SSSR count). The molecule has 0 aliphatic carbocycles. The van der Waals surface area contributed by atoms with Gasteiger partial charge in [0, 0.05) is 37.0 Å². The summed E-state index contributed by atoms with van der Waals surface area (Å²) < 4.78 is 43.9. The summed E-state index contributed by atoms with van der Waals surface area (Å²) >= 11 is 0. The molecular formula is C37H63NO12. The fourth-order valence-electron chi connectivity index (χ4n) is 8.59. The first-order valence-electron chi connectivity index (χ1n) is 18.2. The van der Waals surface area contributed by atoms with Crippen molar-refractivity contribution in [2.24, 2.45) is 17.8 Å². The second-order valence-corrected chi connectivity index (χ2v) is 16.1. The summed E-state index contributed by atoms with van der Waals surface area (Å²) in [7, 11) is 5.27. The highest BCUT2D eigenvalue weighted by Gasteiger charge is 2.56. The number of aliphatic hydroxyl groups is 3. The molecule has 13 nitrogen and oxygen atoms in total. The fraction of sp³-hybridized carbons (Fsp3) is 0.892. The molecule has 0 radical (unpaired) electrons. The first-order valence-corrected chi connectivity index (χ1v) is 18.2. The molecule has 0 saturated carbocycles. The van der Waals surface area contributed by atoms with Crippen LogP contribution < -0.4 is 0 Å². The van der Waals surface area contributed by atoms with Gasteiger partial charge in [-0.25, -0.2) is 0 Å². The first kappa shape index (κ1) is 41.1. The fourth-order valence-corrected chi connectivity index (χ4v) is 8.59. The molecule has 0 aromatic carbocycles. The van der Waals surface area contributed by atoms with E-state index in [-0.39, 0.29) is 30.8 Å². The highest BCUT2D eigenvalue weighted by atomic mass is 16.7. The van der Waals surface area contributed by atoms with Crippen molar-refractivity contribution in [3.05, 3.63) is 11.3 Å². The summed E-state index contributed by atoms with van der Waals surface area (Å²) in [4.78, 5) is 29.8. The number of rotatable bonds is 7. The molecule has 4 heterocycles. The van der Waals surface area contributed by atoms with Crippen molar-refractivity contribution in [3.8, 4) is 0 Å². The molecule has 3 N–H and O–H groups in total. The molecular weight excluding hydrogens is 650 g/mol. The minimum Gasteiger partial charge on any atom is -0.479 e. The van der Waals surface area contributed by atoms with E-state index in [9.17, 15) is 24.9 Å². The summed E-state index contributed by atoms with van der Waals surface area (Å²) in [6.45, 7) is 17.6. The van der Waals surface area contributed by atoms with E-state index in [0.717, 1.165) is 0 Å². The number of fused-ring (bicyclic) bond motifs is 2. The van der Waals surface area contributed by atoms with Crippen LogP contribution in [-0.4, -0.2) is 131 Å². The molecule has 13 heteroatoms. The zero-order valence-electron chi connectivity index (χ0n) is 32.3. The van der Waals surface area contributed by atoms with Crippen LogP contribution in [0.4, 0.5) is 0 Å². The summed E-state index contributed by atoms with van der Waals surface area (Å²) in [5.74, 6) is -2.61. The molecule has 3 fully saturated rings. The number of likely N-dealkylation sites (N-methyl/N-ethyl adjacent to an activating group) is 1. The van der Waals surface area contributed by atoms with E-state index in [1.807, 2.05) is 46.7 Å². The zero-order valence-corrected chi connectivity index (χ0v) is 32.3. The number of Topliss-reactive ketones (excluding diaryl/α,β-unsaturated/α-hetero) is 1. The van der Waals surface area contributed by atoms with Crippen LogP contribution in [0.5, 0.6) is 0 Å². The second-order valence-electron chi connectivity index (χ2n) is 16.1. The van der Waals surface area contributed by atoms with Crippen LogP contribution in [-0.2, 0) is 42.7 Å². The maximum absolute atomic E-state index is 14.2. The van der Waals surface area contributed by atoms with Gasteiger partial charge in [-0.3, -0.25) is 9.59 Å². The van der Waals surface area contributed by atoms with Gasteiger partial charge < -0.3 is 53.4 Å². The Kier molecular flexibility index (Phi) is 12.6. The van der Waals surface area contributed by atoms with Crippen molar-refractivity contribution in [1.82, 2.24) is 4.90 Å². The lowest BCUT2D eigenvalue weighted by molar-refractivity contribution is -0.317. The lowest BCUT2D eigenvalue weighted by Gasteiger charge is -2.48. The monoisotopic (exact) mass is 713 g/mol. The molecule has 2 unspecified atom stereocenters. The van der Waals surface area contributed by atoms with Crippen molar-refractivity contribution < 1.29 is 58.1 Å². The Bertz CT molecular complexity index is 1260. The number of aliphatic hydroxyl groups excluding tert-OH is 2. The zero-order chi connectivity index (χ0) is 37.7. The minimum atomic E-state index is -1.63. The van der Waals surface area contributed by atoms with Crippen molar-refractivity contribution in [2.45, 2.75) is 173 Å². The Labute approximate surface area is 297 Å². The van der Waals surface area contributed by atoms with Gasteiger partial charge in [-0.2, -0.15) is 0 Å². The number of esters is 1. The van der Waals surface area contributed by atoms with Gasteiger partial charge >= 0.3 is 5.97 Å². The third kappa shape index (κ3) is 7.82. The van der Waals surface area contributed by atoms with E-state index >= 15 is 0 Å². The Morgan fingerprint density at radius 3 is 2.20 bits per heavy atom. The van der Waals surface area contributed by atoms with Gasteiger partial charge in [0.2, 0.25) is 11.4 Å². The summed E-state index contributed by atoms with van der Waals surface area (Å²) in [6, 6.07) is -0.275. The van der Waals surface area contributed by atoms with Crippen LogP contribution in [0.1, 0.15) is 94.9 Å². The van der Waals surface area contributed by atoms with Crippen LogP contribution >= 0.6 is 0 Å². The number of hydrogen-bond acceptors (Lipinski definition) is 13. The Morgan fingerprint density at radius 1 is 0.980 bits per heavy atom. The van der Waals surface area contributed by atoms with Crippen molar-refractivity contribution >= 4 is 11.8 Å². The number of nitrogens with zero attached hydrogens (tertiary/aromatic N) is 1. The largest absolute Gasteiger partial charge is 0.479 e. The normalized spacial score (nSPS) is 48.1. The van der Waals surface area contributed by atoms with Crippen molar-refractivity contribution in [2.75, 3.05) is 21.2 Å². The number of ether oxygens (including phenoxy) is 7. The average molecular weight is 714 g/mol. The predicted octanol–water partition coefficient (Wildman–Crippen LogP) is 3.10. The summed E-state index contributed by atoms with van der Waals surface area (Å²) in [5, 5.41) is 34.9. The molecule has 0 spiro atoms. The first-order chi connectivity index (χ1) is 23.1. The predicted molar refractivity (Wildman–Crippen MR) is 183 cm³/mol. The lowest BCUT2D eigenvalue weighted by atomic mass is 9.77. The molecule has 3 saturated heterocycles. The topological polar surface area (TPSA) is 163 Å². The molecule has 0 aromatic heterocycles. The van der Waals surface area contributed by atoms with Gasteiger partial charge in [0.15, 0.2) is 12.6 Å². The summed E-state index contributed by atoms with van der Waals surface area (Å²) in [5.41, 5.74) is -3.67. The molecule has 0 aromatic rings. The van der Waals surface area contributed by atoms with E-state index in [4.69, 9.17) is 33.2 Å². The number of ketones is 1. The van der Waals surface area contributed by atoms with E-state index in [0.29, 0.717) is 24.2 Å². The van der Waals surface area contributed by atoms with Crippen LogP contribution in [0, 0.1) is 17.8 Å². The van der Waals surface area contributed by atoms with E-state index in [1.165, 1.54) is 7.11 Å². The van der Waals surface area contributed by atoms with Crippen LogP contribution in [0.2, 0.25) is 0 Å². The highest BCUT2D eigenvalue weighted by molar-refractivity contribution is 6.04. The Hall–Kier alpha value is -1.68. The molecule has 4 aliphatic heterocycles. The number of methoxy groups -OCH3 is 1. The lowest BCUT2D eigenvalue weighted by Crippen LogP contribution is -2.60. The molecule has 0 amide bonds. The van der Waals surface area contributed by atoms with E-state index in [1.54, 1.807) is 41.5 Å². The second kappa shape index (κ2) is 15.4. The SMILES string of the molecule is CC[C@H]1OC(=O)[C@H](C)[C@@H](O[C@H]2C[C@@](C)(OC)[C@@H](O)[C@H](C)O2)[C@H](C)C(O[C@@H]2O[C@H](C)C[C@H](N(C)C)[C@H]2O)C(C)(O)C[C@@H](C)C2=C(C)C(=O)[C@]1(C)O2. The Balaban J connectivity index is 1.83. The van der Waals surface area contributed by atoms with Crippen molar-refractivity contribution in [1.29, 1.82) is 0 Å².